The van der Waals surface area contributed by atoms with Crippen LogP contribution in [0.25, 0.3) is 0 Å². The number of pyridine rings is 1. The molecule has 0 bridgehead atoms. The Morgan fingerprint density at radius 2 is 2.29 bits per heavy atom. The number of hydrogen-bond acceptors (Lipinski definition) is 5. The lowest BCUT2D eigenvalue weighted by Gasteiger charge is -2.07. The monoisotopic (exact) mass is 306 g/mol. The SMILES string of the molecule is CCc1cnc(CNC(=O)NCCOc2cccnc2)s1. The summed E-state index contributed by atoms with van der Waals surface area (Å²) in [6, 6.07) is 3.40. The molecule has 6 nitrogen and oxygen atoms in total. The average Bonchev–Trinajstić information content (AvgIpc) is 2.99. The Balaban J connectivity index is 1.59. The van der Waals surface area contributed by atoms with Crippen LogP contribution in [0.15, 0.2) is 30.7 Å². The summed E-state index contributed by atoms with van der Waals surface area (Å²) in [6.07, 6.45) is 6.13. The maximum Gasteiger partial charge on any atom is 0.315 e. The van der Waals surface area contributed by atoms with Crippen molar-refractivity contribution in [1.82, 2.24) is 20.6 Å². The van der Waals surface area contributed by atoms with E-state index in [1.807, 2.05) is 12.3 Å². The zero-order chi connectivity index (χ0) is 14.9. The molecule has 0 fully saturated rings. The highest BCUT2D eigenvalue weighted by atomic mass is 32.1. The van der Waals surface area contributed by atoms with Crippen LogP contribution in [0.1, 0.15) is 16.8 Å². The van der Waals surface area contributed by atoms with Crippen LogP contribution >= 0.6 is 11.3 Å². The van der Waals surface area contributed by atoms with E-state index in [1.165, 1.54) is 4.88 Å². The van der Waals surface area contributed by atoms with Crippen molar-refractivity contribution in [3.63, 3.8) is 0 Å². The number of amides is 2. The van der Waals surface area contributed by atoms with E-state index >= 15 is 0 Å². The number of carbonyl (C=O) groups is 1. The van der Waals surface area contributed by atoms with Gasteiger partial charge in [-0.2, -0.15) is 0 Å². The van der Waals surface area contributed by atoms with Gasteiger partial charge in [0, 0.05) is 17.3 Å². The number of aryl methyl sites for hydroxylation is 1. The number of aromatic nitrogens is 2. The molecule has 0 aliphatic rings. The first-order valence-electron chi connectivity index (χ1n) is 6.76. The molecule has 2 aromatic rings. The van der Waals surface area contributed by atoms with Gasteiger partial charge in [0.15, 0.2) is 0 Å². The normalized spacial score (nSPS) is 10.1. The maximum absolute atomic E-state index is 11.6. The third kappa shape index (κ3) is 5.39. The van der Waals surface area contributed by atoms with Gasteiger partial charge in [0.1, 0.15) is 17.4 Å². The van der Waals surface area contributed by atoms with E-state index in [0.717, 1.165) is 11.4 Å². The third-order valence-corrected chi connectivity index (χ3v) is 3.78. The van der Waals surface area contributed by atoms with E-state index in [4.69, 9.17) is 4.74 Å². The minimum atomic E-state index is -0.224. The minimum absolute atomic E-state index is 0.224. The molecule has 0 aliphatic heterocycles. The molecule has 112 valence electrons. The van der Waals surface area contributed by atoms with Gasteiger partial charge in [-0.3, -0.25) is 4.98 Å². The number of urea groups is 1. The summed E-state index contributed by atoms with van der Waals surface area (Å²) in [7, 11) is 0. The number of rotatable bonds is 7. The molecule has 2 rings (SSSR count). The molecule has 0 aliphatic carbocycles. The van der Waals surface area contributed by atoms with E-state index in [1.54, 1.807) is 29.8 Å². The summed E-state index contributed by atoms with van der Waals surface area (Å²) < 4.78 is 5.42. The van der Waals surface area contributed by atoms with Gasteiger partial charge < -0.3 is 15.4 Å². The Kier molecular flexibility index (Phi) is 5.96. The van der Waals surface area contributed by atoms with Gasteiger partial charge >= 0.3 is 6.03 Å². The molecule has 7 heteroatoms. The van der Waals surface area contributed by atoms with Gasteiger partial charge in [0.2, 0.25) is 0 Å². The fourth-order valence-electron chi connectivity index (χ4n) is 1.58. The number of ether oxygens (including phenoxy) is 1. The van der Waals surface area contributed by atoms with E-state index in [2.05, 4.69) is 27.5 Å². The second kappa shape index (κ2) is 8.21. The smallest absolute Gasteiger partial charge is 0.315 e. The van der Waals surface area contributed by atoms with Crippen molar-refractivity contribution < 1.29 is 9.53 Å². The first-order valence-corrected chi connectivity index (χ1v) is 7.57. The first kappa shape index (κ1) is 15.2. The van der Waals surface area contributed by atoms with E-state index in [9.17, 15) is 4.79 Å². The highest BCUT2D eigenvalue weighted by Crippen LogP contribution is 2.12. The molecular formula is C14H18N4O2S. The molecule has 0 radical (unpaired) electrons. The van der Waals surface area contributed by atoms with Crippen molar-refractivity contribution >= 4 is 17.4 Å². The standard InChI is InChI=1S/C14H18N4O2S/c1-2-12-9-17-13(21-12)10-18-14(19)16-6-7-20-11-4-3-5-15-8-11/h3-5,8-9H,2,6-7,10H2,1H3,(H2,16,18,19). The lowest BCUT2D eigenvalue weighted by atomic mass is 10.4. The molecule has 2 aromatic heterocycles. The summed E-state index contributed by atoms with van der Waals surface area (Å²) in [5.74, 6) is 0.689. The van der Waals surface area contributed by atoms with Crippen LogP contribution < -0.4 is 15.4 Å². The largest absolute Gasteiger partial charge is 0.490 e. The minimum Gasteiger partial charge on any atom is -0.490 e. The summed E-state index contributed by atoms with van der Waals surface area (Å²) in [4.78, 5) is 21.0. The van der Waals surface area contributed by atoms with Crippen LogP contribution in [0, 0.1) is 0 Å². The second-order valence-electron chi connectivity index (χ2n) is 4.22. The Morgan fingerprint density at radius 1 is 1.38 bits per heavy atom. The van der Waals surface area contributed by atoms with Crippen LogP contribution in [0.4, 0.5) is 4.79 Å². The number of carbonyl (C=O) groups excluding carboxylic acids is 1. The van der Waals surface area contributed by atoms with Crippen LogP contribution in [-0.2, 0) is 13.0 Å². The third-order valence-electron chi connectivity index (χ3n) is 2.64. The quantitative estimate of drug-likeness (QED) is 0.767. The average molecular weight is 306 g/mol. The molecule has 2 amide bonds. The van der Waals surface area contributed by atoms with Gasteiger partial charge in [0.05, 0.1) is 19.3 Å². The van der Waals surface area contributed by atoms with Crippen molar-refractivity contribution in [3.05, 3.63) is 40.6 Å². The van der Waals surface area contributed by atoms with Crippen molar-refractivity contribution in [2.24, 2.45) is 0 Å². The maximum atomic E-state index is 11.6. The number of nitrogens with zero attached hydrogens (tertiary/aromatic N) is 2. The molecule has 0 aromatic carbocycles. The van der Waals surface area contributed by atoms with Crippen LogP contribution in [0.5, 0.6) is 5.75 Å². The molecule has 21 heavy (non-hydrogen) atoms. The van der Waals surface area contributed by atoms with Gasteiger partial charge in [0.25, 0.3) is 0 Å². The fraction of sp³-hybridized carbons (Fsp3) is 0.357. The van der Waals surface area contributed by atoms with Gasteiger partial charge in [-0.25, -0.2) is 9.78 Å². The van der Waals surface area contributed by atoms with Gasteiger partial charge in [-0.1, -0.05) is 6.92 Å². The molecule has 0 unspecified atom stereocenters. The zero-order valence-corrected chi connectivity index (χ0v) is 12.7. The summed E-state index contributed by atoms with van der Waals surface area (Å²) >= 11 is 1.62. The topological polar surface area (TPSA) is 76.1 Å². The van der Waals surface area contributed by atoms with Crippen LogP contribution in [-0.4, -0.2) is 29.2 Å². The van der Waals surface area contributed by atoms with Gasteiger partial charge in [-0.15, -0.1) is 11.3 Å². The lowest BCUT2D eigenvalue weighted by Crippen LogP contribution is -2.37. The Labute approximate surface area is 127 Å². The summed E-state index contributed by atoms with van der Waals surface area (Å²) in [6.45, 7) is 3.36. The van der Waals surface area contributed by atoms with Gasteiger partial charge in [-0.05, 0) is 18.6 Å². The summed E-state index contributed by atoms with van der Waals surface area (Å²) in [5.41, 5.74) is 0. The Bertz CT molecular complexity index is 559. The number of hydrogen-bond donors (Lipinski definition) is 2. The zero-order valence-electron chi connectivity index (χ0n) is 11.8. The molecule has 0 spiro atoms. The van der Waals surface area contributed by atoms with Crippen molar-refractivity contribution in [2.45, 2.75) is 19.9 Å². The predicted octanol–water partition coefficient (Wildman–Crippen LogP) is 1.98. The highest BCUT2D eigenvalue weighted by molar-refractivity contribution is 7.11. The van der Waals surface area contributed by atoms with E-state index in [-0.39, 0.29) is 6.03 Å². The molecule has 2 N–H and O–H groups in total. The van der Waals surface area contributed by atoms with Crippen LogP contribution in [0.3, 0.4) is 0 Å². The molecular weight excluding hydrogens is 288 g/mol. The first-order chi connectivity index (χ1) is 10.3. The molecule has 0 atom stereocenters. The second-order valence-corrected chi connectivity index (χ2v) is 5.42. The number of nitrogens with one attached hydrogen (secondary N) is 2. The van der Waals surface area contributed by atoms with Crippen molar-refractivity contribution in [2.75, 3.05) is 13.2 Å². The lowest BCUT2D eigenvalue weighted by molar-refractivity contribution is 0.236. The highest BCUT2D eigenvalue weighted by Gasteiger charge is 2.03. The van der Waals surface area contributed by atoms with Crippen LogP contribution in [0.2, 0.25) is 0 Å². The fourth-order valence-corrected chi connectivity index (χ4v) is 2.38. The Hall–Kier alpha value is -2.15. The predicted molar refractivity (Wildman–Crippen MR) is 81.5 cm³/mol. The number of thiazole rings is 1. The Morgan fingerprint density at radius 3 is 3.00 bits per heavy atom. The van der Waals surface area contributed by atoms with Crippen molar-refractivity contribution in [3.8, 4) is 5.75 Å². The molecule has 2 heterocycles. The van der Waals surface area contributed by atoms with Crippen molar-refractivity contribution in [1.29, 1.82) is 0 Å². The van der Waals surface area contributed by atoms with E-state index in [0.29, 0.717) is 25.4 Å². The molecule has 0 saturated heterocycles. The molecule has 0 saturated carbocycles. The summed E-state index contributed by atoms with van der Waals surface area (Å²) in [5, 5.41) is 6.40. The van der Waals surface area contributed by atoms with E-state index < -0.39 is 0 Å².